The largest absolute Gasteiger partial charge is 0.282 e. The highest BCUT2D eigenvalue weighted by Crippen LogP contribution is 2.08. The molecule has 0 N–H and O–H groups in total. The van der Waals surface area contributed by atoms with Gasteiger partial charge in [0.15, 0.2) is 0 Å². The summed E-state index contributed by atoms with van der Waals surface area (Å²) in [5.41, 5.74) is 0.647. The Labute approximate surface area is 60.5 Å². The van der Waals surface area contributed by atoms with Crippen LogP contribution in [0.4, 0.5) is 0 Å². The van der Waals surface area contributed by atoms with E-state index in [2.05, 4.69) is 13.5 Å². The van der Waals surface area contributed by atoms with Crippen LogP contribution in [0.15, 0.2) is 12.2 Å². The van der Waals surface area contributed by atoms with Crippen LogP contribution >= 0.6 is 11.8 Å². The van der Waals surface area contributed by atoms with Gasteiger partial charge >= 0.3 is 0 Å². The van der Waals surface area contributed by atoms with Gasteiger partial charge in [0, 0.05) is 5.75 Å². The molecule has 0 aliphatic rings. The van der Waals surface area contributed by atoms with E-state index >= 15 is 0 Å². The molecule has 0 saturated heterocycles. The van der Waals surface area contributed by atoms with E-state index in [0.29, 0.717) is 5.57 Å². The molecule has 0 aromatic heterocycles. The number of hydrogen-bond acceptors (Lipinski definition) is 2. The second-order valence-corrected chi connectivity index (χ2v) is 2.98. The van der Waals surface area contributed by atoms with Crippen LogP contribution in [-0.4, -0.2) is 10.9 Å². The first-order valence-corrected chi connectivity index (χ1v) is 3.99. The fraction of sp³-hybridized carbons (Fsp3) is 0.571. The fourth-order valence-electron chi connectivity index (χ4n) is 0.318. The van der Waals surface area contributed by atoms with Gasteiger partial charge in [-0.05, 0) is 18.9 Å². The van der Waals surface area contributed by atoms with Crippen molar-refractivity contribution < 1.29 is 4.79 Å². The Hall–Kier alpha value is -0.240. The number of carbonyl (C=O) groups excluding carboxylic acids is 1. The van der Waals surface area contributed by atoms with Crippen molar-refractivity contribution in [2.24, 2.45) is 0 Å². The topological polar surface area (TPSA) is 17.1 Å². The van der Waals surface area contributed by atoms with Crippen LogP contribution in [-0.2, 0) is 4.79 Å². The third-order valence-corrected chi connectivity index (χ3v) is 2.01. The van der Waals surface area contributed by atoms with E-state index in [1.807, 2.05) is 0 Å². The molecule has 0 amide bonds. The van der Waals surface area contributed by atoms with Gasteiger partial charge in [-0.25, -0.2) is 0 Å². The summed E-state index contributed by atoms with van der Waals surface area (Å²) in [6.07, 6.45) is 1.05. The molecule has 0 fully saturated rings. The van der Waals surface area contributed by atoms with E-state index in [9.17, 15) is 4.79 Å². The van der Waals surface area contributed by atoms with Crippen LogP contribution in [0, 0.1) is 0 Å². The summed E-state index contributed by atoms with van der Waals surface area (Å²) in [6.45, 7) is 7.33. The average molecular weight is 144 g/mol. The summed E-state index contributed by atoms with van der Waals surface area (Å²) < 4.78 is 0. The molecule has 0 saturated carbocycles. The molecule has 0 aromatic carbocycles. The lowest BCUT2D eigenvalue weighted by Gasteiger charge is -1.94. The van der Waals surface area contributed by atoms with Gasteiger partial charge in [-0.3, -0.25) is 4.79 Å². The standard InChI is InChI=1S/C7H12OS/c1-4-5-9-7(8)6(2)3/h2,4-5H2,1,3H3. The minimum Gasteiger partial charge on any atom is -0.282 e. The highest BCUT2D eigenvalue weighted by Gasteiger charge is 1.99. The van der Waals surface area contributed by atoms with Gasteiger partial charge in [-0.1, -0.05) is 25.3 Å². The highest BCUT2D eigenvalue weighted by molar-refractivity contribution is 8.14. The Bertz CT molecular complexity index is 118. The predicted octanol–water partition coefficient (Wildman–Crippen LogP) is 2.23. The molecular weight excluding hydrogens is 132 g/mol. The Morgan fingerprint density at radius 2 is 2.22 bits per heavy atom. The molecule has 0 radical (unpaired) electrons. The molecule has 0 bridgehead atoms. The molecule has 0 aromatic rings. The van der Waals surface area contributed by atoms with Crippen LogP contribution in [0.3, 0.4) is 0 Å². The Morgan fingerprint density at radius 1 is 1.67 bits per heavy atom. The maximum atomic E-state index is 10.8. The maximum absolute atomic E-state index is 10.8. The second kappa shape index (κ2) is 4.62. The van der Waals surface area contributed by atoms with Crippen LogP contribution in [0.2, 0.25) is 0 Å². The SMILES string of the molecule is C=C(C)C(=O)SCCC. The van der Waals surface area contributed by atoms with Crippen LogP contribution in [0.1, 0.15) is 20.3 Å². The first-order valence-electron chi connectivity index (χ1n) is 3.01. The monoisotopic (exact) mass is 144 g/mol. The molecule has 2 heteroatoms. The molecule has 9 heavy (non-hydrogen) atoms. The smallest absolute Gasteiger partial charge is 0.214 e. The third kappa shape index (κ3) is 4.28. The van der Waals surface area contributed by atoms with Crippen molar-refractivity contribution in [3.8, 4) is 0 Å². The fourth-order valence-corrected chi connectivity index (χ4v) is 0.954. The molecule has 52 valence electrons. The number of thioether (sulfide) groups is 1. The van der Waals surface area contributed by atoms with E-state index in [1.165, 1.54) is 11.8 Å². The van der Waals surface area contributed by atoms with Gasteiger partial charge in [-0.2, -0.15) is 0 Å². The van der Waals surface area contributed by atoms with Crippen LogP contribution < -0.4 is 0 Å². The zero-order valence-electron chi connectivity index (χ0n) is 5.94. The van der Waals surface area contributed by atoms with Gasteiger partial charge in [0.05, 0.1) is 0 Å². The number of hydrogen-bond donors (Lipinski definition) is 0. The van der Waals surface area contributed by atoms with Gasteiger partial charge < -0.3 is 0 Å². The zero-order chi connectivity index (χ0) is 7.28. The van der Waals surface area contributed by atoms with Crippen molar-refractivity contribution in [1.82, 2.24) is 0 Å². The molecular formula is C7H12OS. The van der Waals surface area contributed by atoms with E-state index in [-0.39, 0.29) is 5.12 Å². The van der Waals surface area contributed by atoms with Crippen LogP contribution in [0.25, 0.3) is 0 Å². The van der Waals surface area contributed by atoms with Crippen molar-refractivity contribution >= 4 is 16.9 Å². The maximum Gasteiger partial charge on any atom is 0.214 e. The van der Waals surface area contributed by atoms with Crippen molar-refractivity contribution in [2.45, 2.75) is 20.3 Å². The van der Waals surface area contributed by atoms with Gasteiger partial charge in [0.2, 0.25) is 5.12 Å². The first kappa shape index (κ1) is 8.76. The lowest BCUT2D eigenvalue weighted by molar-refractivity contribution is -0.107. The van der Waals surface area contributed by atoms with Crippen molar-refractivity contribution in [2.75, 3.05) is 5.75 Å². The molecule has 0 aliphatic heterocycles. The normalized spacial score (nSPS) is 9.11. The minimum absolute atomic E-state index is 0.122. The summed E-state index contributed by atoms with van der Waals surface area (Å²) >= 11 is 1.35. The molecule has 0 atom stereocenters. The lowest BCUT2D eigenvalue weighted by Crippen LogP contribution is -1.92. The highest BCUT2D eigenvalue weighted by atomic mass is 32.2. The van der Waals surface area contributed by atoms with E-state index in [4.69, 9.17) is 0 Å². The Kier molecular flexibility index (Phi) is 4.50. The molecule has 0 heterocycles. The van der Waals surface area contributed by atoms with Gasteiger partial charge in [0.25, 0.3) is 0 Å². The molecule has 1 nitrogen and oxygen atoms in total. The van der Waals surface area contributed by atoms with E-state index < -0.39 is 0 Å². The molecule has 0 aliphatic carbocycles. The van der Waals surface area contributed by atoms with Gasteiger partial charge in [0.1, 0.15) is 0 Å². The third-order valence-electron chi connectivity index (χ3n) is 0.786. The average Bonchev–Trinajstić information content (AvgIpc) is 1.82. The van der Waals surface area contributed by atoms with Gasteiger partial charge in [-0.15, -0.1) is 0 Å². The molecule has 0 unspecified atom stereocenters. The van der Waals surface area contributed by atoms with Crippen molar-refractivity contribution in [3.63, 3.8) is 0 Å². The zero-order valence-corrected chi connectivity index (χ0v) is 6.75. The number of carbonyl (C=O) groups is 1. The van der Waals surface area contributed by atoms with Crippen LogP contribution in [0.5, 0.6) is 0 Å². The second-order valence-electron chi connectivity index (χ2n) is 1.92. The Morgan fingerprint density at radius 3 is 2.56 bits per heavy atom. The van der Waals surface area contributed by atoms with Crippen molar-refractivity contribution in [3.05, 3.63) is 12.2 Å². The number of rotatable bonds is 3. The first-order chi connectivity index (χ1) is 4.18. The summed E-state index contributed by atoms with van der Waals surface area (Å²) in [5.74, 6) is 0.908. The molecule has 0 rings (SSSR count). The Balaban J connectivity index is 3.39. The van der Waals surface area contributed by atoms with E-state index in [0.717, 1.165) is 12.2 Å². The summed E-state index contributed by atoms with van der Waals surface area (Å²) in [7, 11) is 0. The minimum atomic E-state index is 0.122. The summed E-state index contributed by atoms with van der Waals surface area (Å²) in [6, 6.07) is 0. The lowest BCUT2D eigenvalue weighted by atomic mass is 10.4. The predicted molar refractivity (Wildman–Crippen MR) is 42.6 cm³/mol. The quantitative estimate of drug-likeness (QED) is 0.565. The van der Waals surface area contributed by atoms with Crippen molar-refractivity contribution in [1.29, 1.82) is 0 Å². The summed E-state index contributed by atoms with van der Waals surface area (Å²) in [4.78, 5) is 10.8. The summed E-state index contributed by atoms with van der Waals surface area (Å²) in [5, 5.41) is 0.122. The van der Waals surface area contributed by atoms with E-state index in [1.54, 1.807) is 6.92 Å². The molecule has 0 spiro atoms.